The first-order valence-electron chi connectivity index (χ1n) is 6.03. The number of aliphatic imine (C=N–C) groups is 1. The Morgan fingerprint density at radius 1 is 1.28 bits per heavy atom. The number of anilines is 1. The fraction of sp³-hybridized carbons (Fsp3) is 0.462. The van der Waals surface area contributed by atoms with E-state index in [1.54, 1.807) is 14.2 Å². The molecule has 5 nitrogen and oxygen atoms in total. The maximum absolute atomic E-state index is 5.46. The average Bonchev–Trinajstić information content (AvgIpc) is 2.40. The van der Waals surface area contributed by atoms with Crippen molar-refractivity contribution in [1.29, 1.82) is 0 Å². The van der Waals surface area contributed by atoms with Gasteiger partial charge in [0.15, 0.2) is 17.5 Å². The number of hydrogen-bond donors (Lipinski definition) is 2. The molecule has 0 saturated carbocycles. The highest BCUT2D eigenvalue weighted by atomic mass is 16.5. The fourth-order valence-electron chi connectivity index (χ4n) is 1.50. The number of methoxy groups -OCH3 is 1. The van der Waals surface area contributed by atoms with Crippen molar-refractivity contribution in [2.45, 2.75) is 13.8 Å². The molecule has 1 aromatic rings. The maximum Gasteiger partial charge on any atom is 0.195 e. The lowest BCUT2D eigenvalue weighted by molar-refractivity contribution is 0.311. The molecule has 0 saturated heterocycles. The van der Waals surface area contributed by atoms with E-state index in [1.807, 2.05) is 32.0 Å². The lowest BCUT2D eigenvalue weighted by atomic mass is 10.2. The fourth-order valence-corrected chi connectivity index (χ4v) is 1.50. The second-order valence-corrected chi connectivity index (χ2v) is 3.53. The van der Waals surface area contributed by atoms with Gasteiger partial charge in [0.1, 0.15) is 0 Å². The van der Waals surface area contributed by atoms with Crippen molar-refractivity contribution < 1.29 is 9.47 Å². The second-order valence-electron chi connectivity index (χ2n) is 3.53. The van der Waals surface area contributed by atoms with Gasteiger partial charge in [0.2, 0.25) is 0 Å². The van der Waals surface area contributed by atoms with E-state index < -0.39 is 0 Å². The summed E-state index contributed by atoms with van der Waals surface area (Å²) in [5.41, 5.74) is 0.900. The summed E-state index contributed by atoms with van der Waals surface area (Å²) in [6.45, 7) is 5.39. The van der Waals surface area contributed by atoms with Crippen molar-refractivity contribution in [2.24, 2.45) is 4.99 Å². The molecule has 0 spiro atoms. The third-order valence-electron chi connectivity index (χ3n) is 2.29. The maximum atomic E-state index is 5.46. The Hall–Kier alpha value is -1.91. The van der Waals surface area contributed by atoms with Crippen LogP contribution < -0.4 is 20.1 Å². The number of nitrogens with one attached hydrogen (secondary N) is 2. The highest BCUT2D eigenvalue weighted by Gasteiger charge is 2.06. The van der Waals surface area contributed by atoms with E-state index >= 15 is 0 Å². The number of guanidine groups is 1. The lowest BCUT2D eigenvalue weighted by Gasteiger charge is -2.13. The van der Waals surface area contributed by atoms with Gasteiger partial charge in [0.05, 0.1) is 13.7 Å². The predicted molar refractivity (Wildman–Crippen MR) is 74.8 cm³/mol. The third kappa shape index (κ3) is 3.84. The highest BCUT2D eigenvalue weighted by molar-refractivity contribution is 5.93. The second kappa shape index (κ2) is 7.42. The monoisotopic (exact) mass is 251 g/mol. The summed E-state index contributed by atoms with van der Waals surface area (Å²) < 4.78 is 10.8. The summed E-state index contributed by atoms with van der Waals surface area (Å²) in [6.07, 6.45) is 0. The van der Waals surface area contributed by atoms with Gasteiger partial charge in [0, 0.05) is 25.3 Å². The van der Waals surface area contributed by atoms with Crippen LogP contribution in [0.5, 0.6) is 11.5 Å². The van der Waals surface area contributed by atoms with E-state index in [-0.39, 0.29) is 0 Å². The molecule has 2 N–H and O–H groups in total. The van der Waals surface area contributed by atoms with Crippen LogP contribution in [0.25, 0.3) is 0 Å². The molecule has 0 aliphatic heterocycles. The van der Waals surface area contributed by atoms with Gasteiger partial charge in [-0.05, 0) is 26.0 Å². The van der Waals surface area contributed by atoms with Gasteiger partial charge in [-0.15, -0.1) is 0 Å². The predicted octanol–water partition coefficient (Wildman–Crippen LogP) is 2.10. The Morgan fingerprint density at radius 3 is 2.61 bits per heavy atom. The summed E-state index contributed by atoms with van der Waals surface area (Å²) in [7, 11) is 3.36. The molecule has 100 valence electrons. The van der Waals surface area contributed by atoms with Gasteiger partial charge in [-0.2, -0.15) is 0 Å². The van der Waals surface area contributed by atoms with Crippen molar-refractivity contribution in [3.63, 3.8) is 0 Å². The van der Waals surface area contributed by atoms with Gasteiger partial charge in [-0.25, -0.2) is 0 Å². The molecule has 0 atom stereocenters. The Labute approximate surface area is 108 Å². The Morgan fingerprint density at radius 2 is 2.06 bits per heavy atom. The minimum absolute atomic E-state index is 0.613. The van der Waals surface area contributed by atoms with Crippen LogP contribution in [0.3, 0.4) is 0 Å². The topological polar surface area (TPSA) is 54.9 Å². The van der Waals surface area contributed by atoms with Gasteiger partial charge in [0.25, 0.3) is 0 Å². The van der Waals surface area contributed by atoms with Crippen LogP contribution in [0.1, 0.15) is 13.8 Å². The molecule has 0 unspecified atom stereocenters. The van der Waals surface area contributed by atoms with E-state index in [0.717, 1.165) is 23.9 Å². The molecule has 0 heterocycles. The average molecular weight is 251 g/mol. The molecular formula is C13H21N3O2. The molecule has 5 heteroatoms. The quantitative estimate of drug-likeness (QED) is 0.621. The summed E-state index contributed by atoms with van der Waals surface area (Å²) in [6, 6.07) is 5.69. The van der Waals surface area contributed by atoms with E-state index in [9.17, 15) is 0 Å². The molecule has 0 bridgehead atoms. The summed E-state index contributed by atoms with van der Waals surface area (Å²) in [5, 5.41) is 6.30. The minimum Gasteiger partial charge on any atom is -0.493 e. The van der Waals surface area contributed by atoms with Gasteiger partial charge >= 0.3 is 0 Å². The van der Waals surface area contributed by atoms with Crippen LogP contribution >= 0.6 is 0 Å². The lowest BCUT2D eigenvalue weighted by Crippen LogP contribution is -2.30. The normalized spacial score (nSPS) is 11.0. The molecule has 1 rings (SSSR count). The van der Waals surface area contributed by atoms with Crippen molar-refractivity contribution in [3.8, 4) is 11.5 Å². The largest absolute Gasteiger partial charge is 0.493 e. The molecule has 0 aliphatic rings. The smallest absolute Gasteiger partial charge is 0.195 e. The summed E-state index contributed by atoms with van der Waals surface area (Å²) in [5.74, 6) is 2.17. The molecule has 1 aromatic carbocycles. The number of nitrogens with zero attached hydrogens (tertiary/aromatic N) is 1. The van der Waals surface area contributed by atoms with Crippen molar-refractivity contribution in [1.82, 2.24) is 5.32 Å². The van der Waals surface area contributed by atoms with Crippen LogP contribution in [0.4, 0.5) is 5.69 Å². The zero-order valence-electron chi connectivity index (χ0n) is 11.4. The number of benzene rings is 1. The zero-order chi connectivity index (χ0) is 13.4. The number of ether oxygens (including phenoxy) is 2. The van der Waals surface area contributed by atoms with E-state index in [2.05, 4.69) is 15.6 Å². The Bertz CT molecular complexity index is 405. The van der Waals surface area contributed by atoms with E-state index in [0.29, 0.717) is 12.4 Å². The molecule has 0 aliphatic carbocycles. The number of hydrogen-bond acceptors (Lipinski definition) is 3. The first-order chi connectivity index (χ1) is 8.74. The molecular weight excluding hydrogens is 230 g/mol. The van der Waals surface area contributed by atoms with Gasteiger partial charge in [-0.1, -0.05) is 0 Å². The molecule has 0 aromatic heterocycles. The van der Waals surface area contributed by atoms with E-state index in [1.165, 1.54) is 0 Å². The first kappa shape index (κ1) is 14.2. The molecule has 18 heavy (non-hydrogen) atoms. The van der Waals surface area contributed by atoms with Crippen molar-refractivity contribution >= 4 is 11.6 Å². The van der Waals surface area contributed by atoms with Crippen LogP contribution in [0.2, 0.25) is 0 Å². The van der Waals surface area contributed by atoms with Crippen LogP contribution in [0.15, 0.2) is 23.2 Å². The Kier molecular flexibility index (Phi) is 5.84. The van der Waals surface area contributed by atoms with Gasteiger partial charge < -0.3 is 20.1 Å². The highest BCUT2D eigenvalue weighted by Crippen LogP contribution is 2.30. The number of rotatable bonds is 5. The third-order valence-corrected chi connectivity index (χ3v) is 2.29. The van der Waals surface area contributed by atoms with Crippen molar-refractivity contribution in [2.75, 3.05) is 32.6 Å². The first-order valence-corrected chi connectivity index (χ1v) is 6.03. The van der Waals surface area contributed by atoms with Crippen LogP contribution in [-0.2, 0) is 0 Å². The molecule has 0 amide bonds. The van der Waals surface area contributed by atoms with Gasteiger partial charge in [-0.3, -0.25) is 4.99 Å². The van der Waals surface area contributed by atoms with Crippen LogP contribution in [-0.4, -0.2) is 33.3 Å². The SMILES string of the molecule is CCNC(=NC)Nc1ccc(OCC)c(OC)c1. The zero-order valence-corrected chi connectivity index (χ0v) is 11.4. The van der Waals surface area contributed by atoms with Crippen molar-refractivity contribution in [3.05, 3.63) is 18.2 Å². The minimum atomic E-state index is 0.613. The summed E-state index contributed by atoms with van der Waals surface area (Å²) >= 11 is 0. The van der Waals surface area contributed by atoms with Crippen LogP contribution in [0, 0.1) is 0 Å². The molecule has 0 fully saturated rings. The van der Waals surface area contributed by atoms with E-state index in [4.69, 9.17) is 9.47 Å². The standard InChI is InChI=1S/C13H21N3O2/c1-5-15-13(14-3)16-10-7-8-11(18-6-2)12(9-10)17-4/h7-9H,5-6H2,1-4H3,(H2,14,15,16). The molecule has 0 radical (unpaired) electrons. The summed E-state index contributed by atoms with van der Waals surface area (Å²) in [4.78, 5) is 4.11. The Balaban J connectivity index is 2.84.